The Kier molecular flexibility index (Phi) is 4.42. The first-order valence-electron chi connectivity index (χ1n) is 6.02. The van der Waals surface area contributed by atoms with Gasteiger partial charge in [-0.1, -0.05) is 11.6 Å². The maximum Gasteiger partial charge on any atom is 0.337 e. The summed E-state index contributed by atoms with van der Waals surface area (Å²) < 4.78 is 0. The van der Waals surface area contributed by atoms with Gasteiger partial charge in [0.05, 0.1) is 26.5 Å². The van der Waals surface area contributed by atoms with E-state index >= 15 is 0 Å². The Balaban J connectivity index is 2.44. The Morgan fingerprint density at radius 1 is 1.09 bits per heavy atom. The lowest BCUT2D eigenvalue weighted by Gasteiger charge is -2.08. The summed E-state index contributed by atoms with van der Waals surface area (Å²) in [6.07, 6.45) is 0. The Morgan fingerprint density at radius 3 is 2.35 bits per heavy atom. The van der Waals surface area contributed by atoms with Gasteiger partial charge in [0.1, 0.15) is 5.69 Å². The van der Waals surface area contributed by atoms with Gasteiger partial charge in [-0.05, 0) is 24.3 Å². The Hall–Kier alpha value is -3.20. The summed E-state index contributed by atoms with van der Waals surface area (Å²) in [6, 6.07) is 7.05. The minimum atomic E-state index is -1.25. The van der Waals surface area contributed by atoms with Gasteiger partial charge in [0.15, 0.2) is 0 Å². The van der Waals surface area contributed by atoms with E-state index in [1.807, 2.05) is 0 Å². The SMILES string of the molecule is O=C(O)c1cc(Nc2ccc([N+](=O)[O-])cc2[N+](=O)[O-])ccc1Cl. The highest BCUT2D eigenvalue weighted by molar-refractivity contribution is 6.33. The van der Waals surface area contributed by atoms with E-state index in [1.54, 1.807) is 0 Å². The molecule has 2 aromatic carbocycles. The summed E-state index contributed by atoms with van der Waals surface area (Å²) in [5.74, 6) is -1.25. The van der Waals surface area contributed by atoms with Crippen molar-refractivity contribution in [3.05, 3.63) is 67.2 Å². The van der Waals surface area contributed by atoms with Gasteiger partial charge in [-0.2, -0.15) is 0 Å². The van der Waals surface area contributed by atoms with Crippen LogP contribution in [0.25, 0.3) is 0 Å². The molecule has 0 saturated carbocycles. The summed E-state index contributed by atoms with van der Waals surface area (Å²) in [4.78, 5) is 31.2. The minimum Gasteiger partial charge on any atom is -0.478 e. The number of nitro groups is 2. The number of benzene rings is 2. The number of nitrogens with zero attached hydrogens (tertiary/aromatic N) is 2. The van der Waals surface area contributed by atoms with Gasteiger partial charge in [-0.3, -0.25) is 20.2 Å². The van der Waals surface area contributed by atoms with Crippen LogP contribution < -0.4 is 5.32 Å². The van der Waals surface area contributed by atoms with Gasteiger partial charge in [-0.25, -0.2) is 4.79 Å². The molecule has 0 heterocycles. The molecule has 118 valence electrons. The number of carbonyl (C=O) groups is 1. The van der Waals surface area contributed by atoms with Gasteiger partial charge in [0.25, 0.3) is 11.4 Å². The highest BCUT2D eigenvalue weighted by atomic mass is 35.5. The third-order valence-corrected chi connectivity index (χ3v) is 3.19. The lowest BCUT2D eigenvalue weighted by atomic mass is 10.2. The van der Waals surface area contributed by atoms with Crippen LogP contribution in [0.5, 0.6) is 0 Å². The number of anilines is 2. The van der Waals surface area contributed by atoms with Crippen LogP contribution in [0.15, 0.2) is 36.4 Å². The number of non-ortho nitro benzene ring substituents is 1. The quantitative estimate of drug-likeness (QED) is 0.628. The van der Waals surface area contributed by atoms with E-state index in [-0.39, 0.29) is 22.0 Å². The number of hydrogen-bond donors (Lipinski definition) is 2. The Bertz CT molecular complexity index is 823. The first-order chi connectivity index (χ1) is 10.8. The average molecular weight is 338 g/mol. The highest BCUT2D eigenvalue weighted by Gasteiger charge is 2.20. The Labute approximate surface area is 133 Å². The molecule has 23 heavy (non-hydrogen) atoms. The average Bonchev–Trinajstić information content (AvgIpc) is 2.48. The highest BCUT2D eigenvalue weighted by Crippen LogP contribution is 2.32. The number of carboxylic acids is 1. The molecule has 0 aromatic heterocycles. The van der Waals surface area contributed by atoms with Crippen LogP contribution in [-0.2, 0) is 0 Å². The van der Waals surface area contributed by atoms with Crippen LogP contribution in [0.2, 0.25) is 5.02 Å². The topological polar surface area (TPSA) is 136 Å². The zero-order chi connectivity index (χ0) is 17.1. The van der Waals surface area contributed by atoms with Gasteiger partial charge in [0, 0.05) is 11.8 Å². The van der Waals surface area contributed by atoms with E-state index in [4.69, 9.17) is 16.7 Å². The standard InChI is InChI=1S/C13H8ClN3O6/c14-10-3-1-7(5-9(10)13(18)19)15-11-4-2-8(16(20)21)6-12(11)17(22)23/h1-6,15H,(H,18,19). The predicted molar refractivity (Wildman–Crippen MR) is 81.4 cm³/mol. The number of aromatic carboxylic acids is 1. The lowest BCUT2D eigenvalue weighted by Crippen LogP contribution is -2.01. The molecule has 0 spiro atoms. The monoisotopic (exact) mass is 337 g/mol. The molecular formula is C13H8ClN3O6. The molecule has 9 nitrogen and oxygen atoms in total. The predicted octanol–water partition coefficient (Wildman–Crippen LogP) is 3.60. The second kappa shape index (κ2) is 6.28. The summed E-state index contributed by atoms with van der Waals surface area (Å²) in [5.41, 5.74) is -0.889. The zero-order valence-electron chi connectivity index (χ0n) is 11.2. The molecule has 0 unspecified atom stereocenters. The smallest absolute Gasteiger partial charge is 0.337 e. The third-order valence-electron chi connectivity index (χ3n) is 2.86. The Morgan fingerprint density at radius 2 is 1.78 bits per heavy atom. The molecule has 0 bridgehead atoms. The van der Waals surface area contributed by atoms with Gasteiger partial charge >= 0.3 is 5.97 Å². The van der Waals surface area contributed by atoms with Gasteiger partial charge in [0.2, 0.25) is 0 Å². The summed E-state index contributed by atoms with van der Waals surface area (Å²) in [6.45, 7) is 0. The van der Waals surface area contributed by atoms with Crippen LogP contribution in [0, 0.1) is 20.2 Å². The molecule has 0 atom stereocenters. The van der Waals surface area contributed by atoms with Crippen molar-refractivity contribution in [1.29, 1.82) is 0 Å². The fourth-order valence-electron chi connectivity index (χ4n) is 1.81. The maximum absolute atomic E-state index is 11.0. The lowest BCUT2D eigenvalue weighted by molar-refractivity contribution is -0.393. The molecule has 2 N–H and O–H groups in total. The van der Waals surface area contributed by atoms with E-state index < -0.39 is 27.2 Å². The van der Waals surface area contributed by atoms with Crippen LogP contribution in [0.4, 0.5) is 22.7 Å². The molecule has 0 radical (unpaired) electrons. The van der Waals surface area contributed by atoms with E-state index in [1.165, 1.54) is 24.3 Å². The summed E-state index contributed by atoms with van der Waals surface area (Å²) in [7, 11) is 0. The van der Waals surface area contributed by atoms with Crippen LogP contribution >= 0.6 is 11.6 Å². The van der Waals surface area contributed by atoms with Crippen molar-refractivity contribution in [2.45, 2.75) is 0 Å². The molecule has 0 amide bonds. The van der Waals surface area contributed by atoms with Crippen molar-refractivity contribution in [3.63, 3.8) is 0 Å². The molecule has 2 rings (SSSR count). The minimum absolute atomic E-state index is 0.0146. The van der Waals surface area contributed by atoms with Crippen molar-refractivity contribution in [1.82, 2.24) is 0 Å². The van der Waals surface area contributed by atoms with Crippen molar-refractivity contribution in [2.24, 2.45) is 0 Å². The number of nitrogens with one attached hydrogen (secondary N) is 1. The number of carboxylic acid groups (broad SMARTS) is 1. The van der Waals surface area contributed by atoms with Crippen molar-refractivity contribution in [2.75, 3.05) is 5.32 Å². The van der Waals surface area contributed by atoms with Gasteiger partial charge in [-0.15, -0.1) is 0 Å². The summed E-state index contributed by atoms with van der Waals surface area (Å²) in [5, 5.41) is 33.4. The van der Waals surface area contributed by atoms with Gasteiger partial charge < -0.3 is 10.4 Å². The molecule has 10 heteroatoms. The van der Waals surface area contributed by atoms with Crippen LogP contribution in [0.3, 0.4) is 0 Å². The normalized spacial score (nSPS) is 10.1. The van der Waals surface area contributed by atoms with E-state index in [0.29, 0.717) is 0 Å². The van der Waals surface area contributed by atoms with Crippen LogP contribution in [0.1, 0.15) is 10.4 Å². The zero-order valence-corrected chi connectivity index (χ0v) is 12.0. The largest absolute Gasteiger partial charge is 0.478 e. The van der Waals surface area contributed by atoms with Crippen LogP contribution in [-0.4, -0.2) is 20.9 Å². The van der Waals surface area contributed by atoms with E-state index in [9.17, 15) is 25.0 Å². The third kappa shape index (κ3) is 3.52. The molecule has 0 aliphatic rings. The summed E-state index contributed by atoms with van der Waals surface area (Å²) >= 11 is 5.74. The number of halogens is 1. The van der Waals surface area contributed by atoms with Crippen molar-refractivity contribution >= 4 is 40.3 Å². The molecule has 0 aliphatic heterocycles. The van der Waals surface area contributed by atoms with Crippen molar-refractivity contribution in [3.8, 4) is 0 Å². The molecular weight excluding hydrogens is 330 g/mol. The molecule has 2 aromatic rings. The number of hydrogen-bond acceptors (Lipinski definition) is 6. The van der Waals surface area contributed by atoms with E-state index in [0.717, 1.165) is 12.1 Å². The maximum atomic E-state index is 11.0. The van der Waals surface area contributed by atoms with E-state index in [2.05, 4.69) is 5.32 Å². The second-order valence-corrected chi connectivity index (χ2v) is 4.75. The number of rotatable bonds is 5. The molecule has 0 fully saturated rings. The van der Waals surface area contributed by atoms with Crippen molar-refractivity contribution < 1.29 is 19.7 Å². The fourth-order valence-corrected chi connectivity index (χ4v) is 2.01. The second-order valence-electron chi connectivity index (χ2n) is 4.34. The molecule has 0 saturated heterocycles. The molecule has 0 aliphatic carbocycles. The number of nitro benzene ring substituents is 2. The fraction of sp³-hybridized carbons (Fsp3) is 0. The first-order valence-corrected chi connectivity index (χ1v) is 6.40. The first kappa shape index (κ1) is 16.2.